The third kappa shape index (κ3) is 3.94. The summed E-state index contributed by atoms with van der Waals surface area (Å²) in [6.45, 7) is 2.07. The number of ether oxygens (including phenoxy) is 2. The minimum absolute atomic E-state index is 0.155. The molecule has 0 spiro atoms. The fourth-order valence-corrected chi connectivity index (χ4v) is 2.85. The van der Waals surface area contributed by atoms with Crippen molar-refractivity contribution in [1.29, 1.82) is 0 Å². The van der Waals surface area contributed by atoms with Crippen LogP contribution in [0.15, 0.2) is 84.9 Å². The summed E-state index contributed by atoms with van der Waals surface area (Å²) >= 11 is 0. The zero-order valence-electron chi connectivity index (χ0n) is 14.3. The molecule has 1 N–H and O–H groups in total. The van der Waals surface area contributed by atoms with Gasteiger partial charge in [-0.15, -0.1) is 0 Å². The largest absolute Gasteiger partial charge is 0.507 e. The molecule has 0 radical (unpaired) electrons. The van der Waals surface area contributed by atoms with E-state index in [9.17, 15) is 5.11 Å². The van der Waals surface area contributed by atoms with Crippen LogP contribution in [0.5, 0.6) is 17.2 Å². The number of rotatable bonds is 7. The summed E-state index contributed by atoms with van der Waals surface area (Å²) < 4.78 is 12.7. The van der Waals surface area contributed by atoms with Crippen LogP contribution in [0.1, 0.15) is 25.3 Å². The van der Waals surface area contributed by atoms with E-state index >= 15 is 0 Å². The van der Waals surface area contributed by atoms with Crippen molar-refractivity contribution >= 4 is 0 Å². The zero-order valence-corrected chi connectivity index (χ0v) is 14.3. The number of phenolic OH excluding ortho intramolecular Hbond substituents is 1. The molecule has 0 heterocycles. The van der Waals surface area contributed by atoms with E-state index in [4.69, 9.17) is 9.47 Å². The van der Waals surface area contributed by atoms with Gasteiger partial charge in [-0.1, -0.05) is 55.5 Å². The Morgan fingerprint density at radius 2 is 1.20 bits per heavy atom. The molecule has 0 saturated heterocycles. The average molecular weight is 334 g/mol. The second-order valence-corrected chi connectivity index (χ2v) is 5.85. The Bertz CT molecular complexity index is 743. The highest BCUT2D eigenvalue weighted by Crippen LogP contribution is 2.39. The van der Waals surface area contributed by atoms with Crippen molar-refractivity contribution < 1.29 is 14.6 Å². The Morgan fingerprint density at radius 3 is 1.68 bits per heavy atom. The maximum absolute atomic E-state index is 10.5. The monoisotopic (exact) mass is 334 g/mol. The molecular formula is C22H22O3. The first-order chi connectivity index (χ1) is 12.2. The lowest BCUT2D eigenvalue weighted by atomic mass is 9.99. The minimum atomic E-state index is -1.11. The molecule has 0 aliphatic rings. The highest BCUT2D eigenvalue weighted by Gasteiger charge is 2.39. The first kappa shape index (κ1) is 16.9. The van der Waals surface area contributed by atoms with Gasteiger partial charge in [0.25, 0.3) is 5.79 Å². The predicted molar refractivity (Wildman–Crippen MR) is 98.8 cm³/mol. The predicted octanol–water partition coefficient (Wildman–Crippen LogP) is 5.50. The molecule has 0 aliphatic heterocycles. The molecule has 3 nitrogen and oxygen atoms in total. The number of aromatic hydroxyl groups is 1. The lowest BCUT2D eigenvalue weighted by Gasteiger charge is -2.35. The molecule has 0 saturated carbocycles. The summed E-state index contributed by atoms with van der Waals surface area (Å²) in [5.41, 5.74) is 0.615. The van der Waals surface area contributed by atoms with Gasteiger partial charge in [0.1, 0.15) is 17.2 Å². The van der Waals surface area contributed by atoms with Crippen LogP contribution in [-0.2, 0) is 5.79 Å². The normalized spacial score (nSPS) is 11.1. The van der Waals surface area contributed by atoms with E-state index in [-0.39, 0.29) is 5.75 Å². The summed E-state index contributed by atoms with van der Waals surface area (Å²) in [6, 6.07) is 26.3. The van der Waals surface area contributed by atoms with E-state index in [0.717, 1.165) is 6.42 Å². The van der Waals surface area contributed by atoms with E-state index < -0.39 is 5.79 Å². The molecule has 3 aromatic carbocycles. The topological polar surface area (TPSA) is 38.7 Å². The van der Waals surface area contributed by atoms with Gasteiger partial charge in [0.05, 0.1) is 5.56 Å². The Morgan fingerprint density at radius 1 is 0.720 bits per heavy atom. The van der Waals surface area contributed by atoms with Gasteiger partial charge < -0.3 is 14.6 Å². The van der Waals surface area contributed by atoms with Crippen molar-refractivity contribution in [2.75, 3.05) is 0 Å². The van der Waals surface area contributed by atoms with Crippen LogP contribution in [0, 0.1) is 0 Å². The SMILES string of the molecule is CCCC(Oc1ccccc1)(Oc1ccccc1)c1ccccc1O. The van der Waals surface area contributed by atoms with Crippen LogP contribution in [0.4, 0.5) is 0 Å². The third-order valence-corrected chi connectivity index (χ3v) is 3.95. The zero-order chi connectivity index (χ0) is 17.5. The Balaban J connectivity index is 2.08. The highest BCUT2D eigenvalue weighted by atomic mass is 16.7. The number of benzene rings is 3. The number of hydrogen-bond acceptors (Lipinski definition) is 3. The van der Waals surface area contributed by atoms with Crippen LogP contribution >= 0.6 is 0 Å². The van der Waals surface area contributed by atoms with E-state index in [2.05, 4.69) is 6.92 Å². The van der Waals surface area contributed by atoms with Gasteiger partial charge in [-0.25, -0.2) is 0 Å². The van der Waals surface area contributed by atoms with Gasteiger partial charge in [0.2, 0.25) is 0 Å². The van der Waals surface area contributed by atoms with Gasteiger partial charge in [0.15, 0.2) is 0 Å². The molecule has 25 heavy (non-hydrogen) atoms. The van der Waals surface area contributed by atoms with Crippen molar-refractivity contribution in [2.24, 2.45) is 0 Å². The van der Waals surface area contributed by atoms with Crippen molar-refractivity contribution in [3.63, 3.8) is 0 Å². The molecule has 3 aromatic rings. The number of hydrogen-bond donors (Lipinski definition) is 1. The van der Waals surface area contributed by atoms with E-state index in [0.29, 0.717) is 23.5 Å². The van der Waals surface area contributed by atoms with E-state index in [1.807, 2.05) is 72.8 Å². The fourth-order valence-electron chi connectivity index (χ4n) is 2.85. The Hall–Kier alpha value is -2.94. The van der Waals surface area contributed by atoms with Crippen LogP contribution in [0.3, 0.4) is 0 Å². The molecule has 0 atom stereocenters. The smallest absolute Gasteiger partial charge is 0.281 e. The van der Waals surface area contributed by atoms with Crippen molar-refractivity contribution in [1.82, 2.24) is 0 Å². The second kappa shape index (κ2) is 7.75. The first-order valence-corrected chi connectivity index (χ1v) is 8.50. The number of para-hydroxylation sites is 3. The molecule has 0 aliphatic carbocycles. The lowest BCUT2D eigenvalue weighted by Crippen LogP contribution is -2.39. The molecule has 0 amide bonds. The van der Waals surface area contributed by atoms with Gasteiger partial charge in [0, 0.05) is 6.42 Å². The van der Waals surface area contributed by atoms with Crippen LogP contribution < -0.4 is 9.47 Å². The molecule has 0 bridgehead atoms. The van der Waals surface area contributed by atoms with Gasteiger partial charge in [-0.2, -0.15) is 0 Å². The minimum Gasteiger partial charge on any atom is -0.507 e. The number of phenols is 1. The summed E-state index contributed by atoms with van der Waals surface area (Å²) in [5, 5.41) is 10.5. The Kier molecular flexibility index (Phi) is 5.24. The maximum atomic E-state index is 10.5. The van der Waals surface area contributed by atoms with E-state index in [1.165, 1.54) is 0 Å². The lowest BCUT2D eigenvalue weighted by molar-refractivity contribution is -0.129. The molecule has 3 rings (SSSR count). The first-order valence-electron chi connectivity index (χ1n) is 8.50. The third-order valence-electron chi connectivity index (χ3n) is 3.95. The summed E-state index contributed by atoms with van der Waals surface area (Å²) in [7, 11) is 0. The fraction of sp³-hybridized carbons (Fsp3) is 0.182. The van der Waals surface area contributed by atoms with Gasteiger partial charge in [-0.3, -0.25) is 0 Å². The molecule has 0 aromatic heterocycles. The molecule has 0 fully saturated rings. The summed E-state index contributed by atoms with van der Waals surface area (Å²) in [4.78, 5) is 0. The van der Waals surface area contributed by atoms with Crippen molar-refractivity contribution in [3.05, 3.63) is 90.5 Å². The highest BCUT2D eigenvalue weighted by molar-refractivity contribution is 5.38. The Labute approximate surface area is 148 Å². The average Bonchev–Trinajstić information content (AvgIpc) is 2.64. The van der Waals surface area contributed by atoms with Crippen molar-refractivity contribution in [2.45, 2.75) is 25.6 Å². The van der Waals surface area contributed by atoms with Crippen LogP contribution in [-0.4, -0.2) is 5.11 Å². The standard InChI is InChI=1S/C22H22O3/c1-2-17-22(20-15-9-10-16-21(20)23,24-18-11-5-3-6-12-18)25-19-13-7-4-8-14-19/h3-16,23H,2,17H2,1H3. The van der Waals surface area contributed by atoms with Crippen LogP contribution in [0.25, 0.3) is 0 Å². The maximum Gasteiger partial charge on any atom is 0.281 e. The molecule has 3 heteroatoms. The van der Waals surface area contributed by atoms with Gasteiger partial charge >= 0.3 is 0 Å². The van der Waals surface area contributed by atoms with Gasteiger partial charge in [-0.05, 0) is 42.8 Å². The summed E-state index contributed by atoms with van der Waals surface area (Å²) in [5.74, 6) is 0.427. The van der Waals surface area contributed by atoms with Crippen molar-refractivity contribution in [3.8, 4) is 17.2 Å². The second-order valence-electron chi connectivity index (χ2n) is 5.85. The van der Waals surface area contributed by atoms with Crippen LogP contribution in [0.2, 0.25) is 0 Å². The summed E-state index contributed by atoms with van der Waals surface area (Å²) in [6.07, 6.45) is 1.42. The molecule has 128 valence electrons. The molecular weight excluding hydrogens is 312 g/mol. The van der Waals surface area contributed by atoms with E-state index in [1.54, 1.807) is 12.1 Å². The quantitative estimate of drug-likeness (QED) is 0.580. The molecule has 0 unspecified atom stereocenters.